The van der Waals surface area contributed by atoms with Crippen LogP contribution < -0.4 is 20.3 Å². The van der Waals surface area contributed by atoms with E-state index in [2.05, 4.69) is 10.6 Å². The molecule has 190 valence electrons. The lowest BCUT2D eigenvalue weighted by molar-refractivity contribution is -0.137. The number of amides is 3. The maximum absolute atomic E-state index is 12.9. The van der Waals surface area contributed by atoms with Crippen molar-refractivity contribution >= 4 is 23.3 Å². The number of hydrogen-bond acceptors (Lipinski definition) is 3. The van der Waals surface area contributed by atoms with Crippen molar-refractivity contribution in [1.29, 1.82) is 0 Å². The van der Waals surface area contributed by atoms with Gasteiger partial charge in [-0.2, -0.15) is 13.2 Å². The summed E-state index contributed by atoms with van der Waals surface area (Å²) in [4.78, 5) is 26.7. The highest BCUT2D eigenvalue weighted by atomic mass is 19.4. The number of urea groups is 1. The number of ether oxygens (including phenoxy) is 1. The van der Waals surface area contributed by atoms with E-state index in [-0.39, 0.29) is 30.9 Å². The summed E-state index contributed by atoms with van der Waals surface area (Å²) in [6, 6.07) is 18.1. The van der Waals surface area contributed by atoms with Crippen molar-refractivity contribution in [3.63, 3.8) is 0 Å². The number of methoxy groups -OCH3 is 1. The summed E-state index contributed by atoms with van der Waals surface area (Å²) in [7, 11) is 1.56. The highest BCUT2D eigenvalue weighted by Gasteiger charge is 2.30. The number of nitrogens with one attached hydrogen (secondary N) is 2. The molecule has 3 aromatic rings. The molecule has 0 unspecified atom stereocenters. The van der Waals surface area contributed by atoms with Crippen molar-refractivity contribution in [2.75, 3.05) is 17.3 Å². The smallest absolute Gasteiger partial charge is 0.416 e. The third kappa shape index (κ3) is 7.49. The molecule has 3 rings (SSSR count). The second kappa shape index (κ2) is 11.6. The Bertz CT molecular complexity index is 1160. The van der Waals surface area contributed by atoms with Crippen LogP contribution >= 0.6 is 0 Å². The van der Waals surface area contributed by atoms with E-state index in [4.69, 9.17) is 4.74 Å². The molecule has 0 spiro atoms. The van der Waals surface area contributed by atoms with E-state index in [1.54, 1.807) is 55.6 Å². The van der Waals surface area contributed by atoms with Gasteiger partial charge in [-0.3, -0.25) is 9.69 Å². The van der Waals surface area contributed by atoms with Gasteiger partial charge in [-0.15, -0.1) is 0 Å². The molecule has 0 saturated carbocycles. The third-order valence-electron chi connectivity index (χ3n) is 5.27. The quantitative estimate of drug-likeness (QED) is 0.398. The molecule has 0 atom stereocenters. The molecule has 0 fully saturated rings. The molecule has 0 aliphatic heterocycles. The van der Waals surface area contributed by atoms with E-state index < -0.39 is 11.7 Å². The highest BCUT2D eigenvalue weighted by Crippen LogP contribution is 2.29. The van der Waals surface area contributed by atoms with Gasteiger partial charge in [-0.05, 0) is 73.5 Å². The van der Waals surface area contributed by atoms with Gasteiger partial charge in [0.15, 0.2) is 0 Å². The molecule has 0 radical (unpaired) electrons. The van der Waals surface area contributed by atoms with Gasteiger partial charge in [0, 0.05) is 17.4 Å². The molecule has 0 aliphatic carbocycles. The van der Waals surface area contributed by atoms with Crippen LogP contribution in [0.3, 0.4) is 0 Å². The van der Waals surface area contributed by atoms with Crippen LogP contribution in [0.5, 0.6) is 5.75 Å². The fourth-order valence-corrected chi connectivity index (χ4v) is 3.45. The predicted octanol–water partition coefficient (Wildman–Crippen LogP) is 6.02. The average molecular weight is 500 g/mol. The lowest BCUT2D eigenvalue weighted by Gasteiger charge is -2.25. The summed E-state index contributed by atoms with van der Waals surface area (Å²) in [5, 5.41) is 5.63. The molecule has 3 amide bonds. The normalized spacial score (nSPS) is 11.2. The fourth-order valence-electron chi connectivity index (χ4n) is 3.45. The number of rotatable bonds is 8. The molecule has 0 saturated heterocycles. The van der Waals surface area contributed by atoms with Crippen LogP contribution in [0.1, 0.15) is 30.5 Å². The van der Waals surface area contributed by atoms with Crippen LogP contribution in [0.25, 0.3) is 0 Å². The van der Waals surface area contributed by atoms with Gasteiger partial charge in [0.2, 0.25) is 5.91 Å². The zero-order valence-electron chi connectivity index (χ0n) is 20.2. The summed E-state index contributed by atoms with van der Waals surface area (Å²) in [6.07, 6.45) is -4.30. The molecule has 0 heterocycles. The van der Waals surface area contributed by atoms with Crippen LogP contribution in [-0.4, -0.2) is 25.1 Å². The summed E-state index contributed by atoms with van der Waals surface area (Å²) >= 11 is 0. The Morgan fingerprint density at radius 2 is 1.47 bits per heavy atom. The van der Waals surface area contributed by atoms with E-state index >= 15 is 0 Å². The molecule has 9 heteroatoms. The molecule has 2 N–H and O–H groups in total. The van der Waals surface area contributed by atoms with Crippen molar-refractivity contribution in [3.8, 4) is 5.75 Å². The van der Waals surface area contributed by atoms with Gasteiger partial charge in [-0.25, -0.2) is 4.79 Å². The Labute approximate surface area is 208 Å². The van der Waals surface area contributed by atoms with Gasteiger partial charge in [0.1, 0.15) is 5.75 Å². The number of nitrogens with zero attached hydrogens (tertiary/aromatic N) is 1. The zero-order chi connectivity index (χ0) is 26.3. The minimum Gasteiger partial charge on any atom is -0.497 e. The summed E-state index contributed by atoms with van der Waals surface area (Å²) in [5.74, 6) is 0.484. The lowest BCUT2D eigenvalue weighted by Crippen LogP contribution is -2.42. The average Bonchev–Trinajstić information content (AvgIpc) is 2.83. The van der Waals surface area contributed by atoms with E-state index in [1.807, 2.05) is 13.8 Å². The van der Waals surface area contributed by atoms with Gasteiger partial charge in [0.25, 0.3) is 0 Å². The molecule has 0 aromatic heterocycles. The number of anilines is 2. The predicted molar refractivity (Wildman–Crippen MR) is 133 cm³/mol. The van der Waals surface area contributed by atoms with Crippen LogP contribution in [0.2, 0.25) is 0 Å². The third-order valence-corrected chi connectivity index (χ3v) is 5.27. The molecule has 0 aliphatic rings. The van der Waals surface area contributed by atoms with Crippen LogP contribution in [0.15, 0.2) is 72.8 Å². The van der Waals surface area contributed by atoms with Gasteiger partial charge in [0.05, 0.1) is 25.6 Å². The standard InChI is InChI=1S/C27H28F3N3O3/c1-18(2)31-26(35)33(17-20-4-8-21(9-5-20)27(28,29)30)23-12-6-19(7-13-23)16-25(34)32-22-10-14-24(36-3)15-11-22/h4-15,18H,16-17H2,1-3H3,(H,31,35)(H,32,34). The number of alkyl halides is 3. The number of hydrogen-bond donors (Lipinski definition) is 2. The minimum atomic E-state index is -4.43. The topological polar surface area (TPSA) is 70.7 Å². The Morgan fingerprint density at radius 1 is 0.889 bits per heavy atom. The van der Waals surface area contributed by atoms with E-state index in [9.17, 15) is 22.8 Å². The monoisotopic (exact) mass is 499 g/mol. The van der Waals surface area contributed by atoms with Crippen molar-refractivity contribution in [2.45, 2.75) is 39.0 Å². The minimum absolute atomic E-state index is 0.0774. The summed E-state index contributed by atoms with van der Waals surface area (Å²) < 4.78 is 43.8. The maximum Gasteiger partial charge on any atom is 0.416 e. The molecule has 0 bridgehead atoms. The number of carbonyl (C=O) groups is 2. The Morgan fingerprint density at radius 3 is 2.00 bits per heavy atom. The van der Waals surface area contributed by atoms with Gasteiger partial charge >= 0.3 is 12.2 Å². The first-order valence-electron chi connectivity index (χ1n) is 11.3. The first-order chi connectivity index (χ1) is 17.0. The van der Waals surface area contributed by atoms with Crippen LogP contribution in [0, 0.1) is 0 Å². The Kier molecular flexibility index (Phi) is 8.58. The number of benzene rings is 3. The molecule has 3 aromatic carbocycles. The van der Waals surface area contributed by atoms with Crippen molar-refractivity contribution in [2.24, 2.45) is 0 Å². The second-order valence-corrected chi connectivity index (χ2v) is 8.50. The van der Waals surface area contributed by atoms with Crippen LogP contribution in [0.4, 0.5) is 29.3 Å². The van der Waals surface area contributed by atoms with Crippen molar-refractivity contribution < 1.29 is 27.5 Å². The fraction of sp³-hybridized carbons (Fsp3) is 0.259. The van der Waals surface area contributed by atoms with E-state index in [1.165, 1.54) is 17.0 Å². The molecular weight excluding hydrogens is 471 g/mol. The number of halogens is 3. The SMILES string of the molecule is COc1ccc(NC(=O)Cc2ccc(N(Cc3ccc(C(F)(F)F)cc3)C(=O)NC(C)C)cc2)cc1. The zero-order valence-corrected chi connectivity index (χ0v) is 20.2. The highest BCUT2D eigenvalue weighted by molar-refractivity contribution is 5.93. The molecular formula is C27H28F3N3O3. The Hall–Kier alpha value is -4.01. The molecule has 36 heavy (non-hydrogen) atoms. The summed E-state index contributed by atoms with van der Waals surface area (Å²) in [6.45, 7) is 3.71. The van der Waals surface area contributed by atoms with E-state index in [0.29, 0.717) is 22.7 Å². The second-order valence-electron chi connectivity index (χ2n) is 8.50. The maximum atomic E-state index is 12.9. The van der Waals surface area contributed by atoms with Crippen molar-refractivity contribution in [3.05, 3.63) is 89.5 Å². The molecule has 6 nitrogen and oxygen atoms in total. The van der Waals surface area contributed by atoms with E-state index in [0.717, 1.165) is 17.7 Å². The summed E-state index contributed by atoms with van der Waals surface area (Å²) in [5.41, 5.74) is 1.73. The lowest BCUT2D eigenvalue weighted by atomic mass is 10.1. The first-order valence-corrected chi connectivity index (χ1v) is 11.3. The van der Waals surface area contributed by atoms with Crippen LogP contribution in [-0.2, 0) is 23.9 Å². The van der Waals surface area contributed by atoms with Gasteiger partial charge < -0.3 is 15.4 Å². The van der Waals surface area contributed by atoms with Gasteiger partial charge in [-0.1, -0.05) is 24.3 Å². The Balaban J connectivity index is 1.71. The first kappa shape index (κ1) is 26.6. The largest absolute Gasteiger partial charge is 0.497 e. The number of carbonyl (C=O) groups excluding carboxylic acids is 2. The van der Waals surface area contributed by atoms with Crippen molar-refractivity contribution in [1.82, 2.24) is 5.32 Å².